The van der Waals surface area contributed by atoms with Gasteiger partial charge in [0, 0.05) is 12.6 Å². The van der Waals surface area contributed by atoms with Crippen molar-refractivity contribution in [3.8, 4) is 0 Å². The molecule has 0 amide bonds. The van der Waals surface area contributed by atoms with Crippen LogP contribution in [0, 0.1) is 0 Å². The predicted octanol–water partition coefficient (Wildman–Crippen LogP) is 2.78. The molecular formula is C16H27NO2. The molecule has 108 valence electrons. The minimum atomic E-state index is 0.190. The number of rotatable bonds is 8. The second-order valence-corrected chi connectivity index (χ2v) is 5.79. The Morgan fingerprint density at radius 3 is 2.21 bits per heavy atom. The topological polar surface area (TPSA) is 30.5 Å². The molecular weight excluding hydrogens is 238 g/mol. The van der Waals surface area contributed by atoms with Gasteiger partial charge in [-0.2, -0.15) is 0 Å². The number of methoxy groups -OCH3 is 1. The number of nitrogens with one attached hydrogen (secondary N) is 1. The molecule has 0 atom stereocenters. The summed E-state index contributed by atoms with van der Waals surface area (Å²) in [6.45, 7) is 9.52. The van der Waals surface area contributed by atoms with E-state index in [1.165, 1.54) is 11.1 Å². The van der Waals surface area contributed by atoms with Crippen LogP contribution < -0.4 is 5.32 Å². The quantitative estimate of drug-likeness (QED) is 0.733. The lowest BCUT2D eigenvalue weighted by atomic mass is 10.1. The summed E-state index contributed by atoms with van der Waals surface area (Å²) in [5.41, 5.74) is 2.76. The fourth-order valence-corrected chi connectivity index (χ4v) is 1.72. The van der Waals surface area contributed by atoms with Crippen LogP contribution in [0.2, 0.25) is 0 Å². The van der Waals surface area contributed by atoms with E-state index in [2.05, 4.69) is 50.4 Å². The molecule has 0 spiro atoms. The molecule has 0 unspecified atom stereocenters. The van der Waals surface area contributed by atoms with E-state index in [4.69, 9.17) is 9.47 Å². The molecule has 0 aliphatic carbocycles. The first-order valence-corrected chi connectivity index (χ1v) is 6.91. The van der Waals surface area contributed by atoms with Crippen LogP contribution in [0.3, 0.4) is 0 Å². The van der Waals surface area contributed by atoms with Crippen molar-refractivity contribution >= 4 is 0 Å². The van der Waals surface area contributed by atoms with Gasteiger partial charge in [-0.1, -0.05) is 24.3 Å². The molecule has 0 aromatic heterocycles. The van der Waals surface area contributed by atoms with Gasteiger partial charge in [0.25, 0.3) is 0 Å². The van der Waals surface area contributed by atoms with Crippen molar-refractivity contribution in [1.82, 2.24) is 5.32 Å². The minimum Gasteiger partial charge on any atom is -0.382 e. The Balaban J connectivity index is 2.27. The molecule has 1 aromatic rings. The van der Waals surface area contributed by atoms with Crippen molar-refractivity contribution in [2.75, 3.05) is 26.9 Å². The summed E-state index contributed by atoms with van der Waals surface area (Å²) in [6.07, 6.45) is 1.06. The molecule has 0 heterocycles. The monoisotopic (exact) mass is 265 g/mol. The van der Waals surface area contributed by atoms with Gasteiger partial charge in [0.15, 0.2) is 0 Å². The van der Waals surface area contributed by atoms with Crippen LogP contribution in [0.1, 0.15) is 31.9 Å². The van der Waals surface area contributed by atoms with Crippen molar-refractivity contribution in [3.05, 3.63) is 35.4 Å². The molecule has 0 radical (unpaired) electrons. The first kappa shape index (κ1) is 16.2. The summed E-state index contributed by atoms with van der Waals surface area (Å²) in [4.78, 5) is 0. The molecule has 0 aliphatic rings. The van der Waals surface area contributed by atoms with Gasteiger partial charge in [-0.05, 0) is 44.9 Å². The third-order valence-corrected chi connectivity index (χ3v) is 2.79. The lowest BCUT2D eigenvalue weighted by molar-refractivity contribution is 0.0616. The zero-order chi connectivity index (χ0) is 14.1. The fraction of sp³-hybridized carbons (Fsp3) is 0.625. The van der Waals surface area contributed by atoms with Crippen molar-refractivity contribution in [1.29, 1.82) is 0 Å². The Labute approximate surface area is 117 Å². The lowest BCUT2D eigenvalue weighted by Crippen LogP contribution is -2.37. The van der Waals surface area contributed by atoms with E-state index in [-0.39, 0.29) is 5.54 Å². The largest absolute Gasteiger partial charge is 0.382 e. The molecule has 0 fully saturated rings. The first-order valence-electron chi connectivity index (χ1n) is 6.91. The Kier molecular flexibility index (Phi) is 7.06. The summed E-state index contributed by atoms with van der Waals surface area (Å²) < 4.78 is 10.4. The average molecular weight is 265 g/mol. The van der Waals surface area contributed by atoms with Crippen LogP contribution in [0.15, 0.2) is 24.3 Å². The van der Waals surface area contributed by atoms with Crippen LogP contribution in [0.4, 0.5) is 0 Å². The number of hydrogen-bond acceptors (Lipinski definition) is 3. The average Bonchev–Trinajstić information content (AvgIpc) is 2.35. The van der Waals surface area contributed by atoms with Gasteiger partial charge in [0.2, 0.25) is 0 Å². The molecule has 0 bridgehead atoms. The van der Waals surface area contributed by atoms with Gasteiger partial charge >= 0.3 is 0 Å². The van der Waals surface area contributed by atoms with Crippen LogP contribution >= 0.6 is 0 Å². The van der Waals surface area contributed by atoms with Crippen molar-refractivity contribution in [2.45, 2.75) is 39.3 Å². The number of hydrogen-bond donors (Lipinski definition) is 1. The SMILES string of the molecule is COCCOCc1ccc(CCNC(C)(C)C)cc1. The smallest absolute Gasteiger partial charge is 0.0718 e. The third kappa shape index (κ3) is 7.98. The van der Waals surface area contributed by atoms with Gasteiger partial charge < -0.3 is 14.8 Å². The third-order valence-electron chi connectivity index (χ3n) is 2.79. The van der Waals surface area contributed by atoms with Crippen LogP contribution in [0.5, 0.6) is 0 Å². The van der Waals surface area contributed by atoms with Crippen LogP contribution in [-0.4, -0.2) is 32.4 Å². The normalized spacial score (nSPS) is 11.8. The fourth-order valence-electron chi connectivity index (χ4n) is 1.72. The van der Waals surface area contributed by atoms with E-state index in [1.54, 1.807) is 7.11 Å². The van der Waals surface area contributed by atoms with E-state index < -0.39 is 0 Å². The maximum atomic E-state index is 5.49. The number of benzene rings is 1. The Hall–Kier alpha value is -0.900. The highest BCUT2D eigenvalue weighted by atomic mass is 16.5. The van der Waals surface area contributed by atoms with Crippen molar-refractivity contribution in [3.63, 3.8) is 0 Å². The van der Waals surface area contributed by atoms with Crippen LogP contribution in [-0.2, 0) is 22.5 Å². The molecule has 0 aliphatic heterocycles. The summed E-state index contributed by atoms with van der Waals surface area (Å²) in [6, 6.07) is 8.64. The maximum absolute atomic E-state index is 5.49. The van der Waals surface area contributed by atoms with Crippen molar-refractivity contribution < 1.29 is 9.47 Å². The highest BCUT2D eigenvalue weighted by Gasteiger charge is 2.07. The zero-order valence-electron chi connectivity index (χ0n) is 12.7. The van der Waals surface area contributed by atoms with Gasteiger partial charge in [-0.3, -0.25) is 0 Å². The second-order valence-electron chi connectivity index (χ2n) is 5.79. The molecule has 3 heteroatoms. The molecule has 1 N–H and O–H groups in total. The van der Waals surface area contributed by atoms with Gasteiger partial charge in [-0.25, -0.2) is 0 Å². The highest BCUT2D eigenvalue weighted by molar-refractivity contribution is 5.22. The standard InChI is InChI=1S/C16H27NO2/c1-16(2,3)17-10-9-14-5-7-15(8-6-14)13-19-12-11-18-4/h5-8,17H,9-13H2,1-4H3. The molecule has 0 saturated carbocycles. The molecule has 3 nitrogen and oxygen atoms in total. The highest BCUT2D eigenvalue weighted by Crippen LogP contribution is 2.07. The second kappa shape index (κ2) is 8.31. The summed E-state index contributed by atoms with van der Waals surface area (Å²) in [5.74, 6) is 0. The molecule has 1 rings (SSSR count). The molecule has 19 heavy (non-hydrogen) atoms. The first-order chi connectivity index (χ1) is 9.01. The lowest BCUT2D eigenvalue weighted by Gasteiger charge is -2.20. The summed E-state index contributed by atoms with van der Waals surface area (Å²) in [7, 11) is 1.68. The van der Waals surface area contributed by atoms with Gasteiger partial charge in [0.05, 0.1) is 19.8 Å². The Morgan fingerprint density at radius 2 is 1.63 bits per heavy atom. The number of ether oxygens (including phenoxy) is 2. The van der Waals surface area contributed by atoms with Gasteiger partial charge in [-0.15, -0.1) is 0 Å². The van der Waals surface area contributed by atoms with Crippen molar-refractivity contribution in [2.24, 2.45) is 0 Å². The van der Waals surface area contributed by atoms with E-state index >= 15 is 0 Å². The minimum absolute atomic E-state index is 0.190. The Bertz CT molecular complexity index is 341. The van der Waals surface area contributed by atoms with E-state index in [9.17, 15) is 0 Å². The zero-order valence-corrected chi connectivity index (χ0v) is 12.7. The molecule has 0 saturated heterocycles. The van der Waals surface area contributed by atoms with E-state index in [1.807, 2.05) is 0 Å². The maximum Gasteiger partial charge on any atom is 0.0718 e. The molecule has 1 aromatic carbocycles. The summed E-state index contributed by atoms with van der Waals surface area (Å²) >= 11 is 0. The Morgan fingerprint density at radius 1 is 1.00 bits per heavy atom. The van der Waals surface area contributed by atoms with E-state index in [0.717, 1.165) is 13.0 Å². The summed E-state index contributed by atoms with van der Waals surface area (Å²) in [5, 5.41) is 3.49. The van der Waals surface area contributed by atoms with Gasteiger partial charge in [0.1, 0.15) is 0 Å². The van der Waals surface area contributed by atoms with E-state index in [0.29, 0.717) is 19.8 Å². The predicted molar refractivity (Wildman–Crippen MR) is 79.4 cm³/mol. The van der Waals surface area contributed by atoms with Crippen LogP contribution in [0.25, 0.3) is 0 Å².